The Morgan fingerprint density at radius 1 is 1.41 bits per heavy atom. The van der Waals surface area contributed by atoms with Crippen molar-refractivity contribution >= 4 is 18.0 Å². The predicted octanol–water partition coefficient (Wildman–Crippen LogP) is 0.0541. The Labute approximate surface area is 99.7 Å². The summed E-state index contributed by atoms with van der Waals surface area (Å²) >= 11 is 0. The molecule has 7 heteroatoms. The van der Waals surface area contributed by atoms with Crippen LogP contribution in [0.4, 0.5) is 4.79 Å². The summed E-state index contributed by atoms with van der Waals surface area (Å²) in [6, 6.07) is -0.872. The van der Waals surface area contributed by atoms with E-state index < -0.39 is 24.0 Å². The number of urea groups is 1. The molecule has 0 saturated heterocycles. The van der Waals surface area contributed by atoms with Gasteiger partial charge in [0.05, 0.1) is 20.0 Å². The minimum atomic E-state index is -0.977. The fourth-order valence-electron chi connectivity index (χ4n) is 1.10. The van der Waals surface area contributed by atoms with Crippen LogP contribution in [0, 0.1) is 0 Å². The zero-order valence-corrected chi connectivity index (χ0v) is 10.2. The average Bonchev–Trinajstić information content (AvgIpc) is 2.23. The van der Waals surface area contributed by atoms with E-state index in [4.69, 9.17) is 5.11 Å². The molecule has 0 radical (unpaired) electrons. The van der Waals surface area contributed by atoms with E-state index in [2.05, 4.69) is 10.1 Å². The minimum Gasteiger partial charge on any atom is -0.481 e. The Balaban J connectivity index is 3.96. The van der Waals surface area contributed by atoms with Crippen LogP contribution in [-0.2, 0) is 14.3 Å². The van der Waals surface area contributed by atoms with E-state index in [1.165, 1.54) is 19.1 Å². The summed E-state index contributed by atoms with van der Waals surface area (Å²) in [6.45, 7) is 1.82. The van der Waals surface area contributed by atoms with Crippen LogP contribution in [0.5, 0.6) is 0 Å². The first-order chi connectivity index (χ1) is 7.86. The van der Waals surface area contributed by atoms with Gasteiger partial charge < -0.3 is 20.1 Å². The van der Waals surface area contributed by atoms with Crippen molar-refractivity contribution < 1.29 is 24.2 Å². The van der Waals surface area contributed by atoms with Crippen LogP contribution in [0.25, 0.3) is 0 Å². The number of amides is 2. The van der Waals surface area contributed by atoms with E-state index >= 15 is 0 Å². The summed E-state index contributed by atoms with van der Waals surface area (Å²) in [5, 5.41) is 11.0. The molecule has 2 amide bonds. The maximum atomic E-state index is 11.5. The number of methoxy groups -OCH3 is 1. The molecule has 98 valence electrons. The van der Waals surface area contributed by atoms with E-state index in [1.807, 2.05) is 0 Å². The van der Waals surface area contributed by atoms with Crippen molar-refractivity contribution in [1.82, 2.24) is 10.2 Å². The standard InChI is InChI=1S/C10H18N2O5/c1-7(6-8(13)14)11-10(16)12(2)5-4-9(15)17-3/h7H,4-6H2,1-3H3,(H,11,16)(H,13,14). The van der Waals surface area contributed by atoms with Crippen molar-refractivity contribution in [3.05, 3.63) is 0 Å². The molecule has 0 heterocycles. The Kier molecular flexibility index (Phi) is 6.69. The molecule has 1 unspecified atom stereocenters. The second-order valence-corrected chi connectivity index (χ2v) is 3.70. The maximum absolute atomic E-state index is 11.5. The highest BCUT2D eigenvalue weighted by molar-refractivity contribution is 5.76. The van der Waals surface area contributed by atoms with Gasteiger partial charge in [0.2, 0.25) is 0 Å². The zero-order chi connectivity index (χ0) is 13.4. The number of carboxylic acid groups (broad SMARTS) is 1. The minimum absolute atomic E-state index is 0.105. The van der Waals surface area contributed by atoms with Gasteiger partial charge in [0, 0.05) is 19.6 Å². The first kappa shape index (κ1) is 15.2. The van der Waals surface area contributed by atoms with Gasteiger partial charge in [0.25, 0.3) is 0 Å². The molecule has 0 aromatic rings. The quantitative estimate of drug-likeness (QED) is 0.646. The molecule has 0 fully saturated rings. The van der Waals surface area contributed by atoms with Crippen LogP contribution in [0.2, 0.25) is 0 Å². The van der Waals surface area contributed by atoms with Crippen LogP contribution in [0.1, 0.15) is 19.8 Å². The second kappa shape index (κ2) is 7.48. The van der Waals surface area contributed by atoms with E-state index in [0.717, 1.165) is 0 Å². The number of hydrogen-bond acceptors (Lipinski definition) is 4. The predicted molar refractivity (Wildman–Crippen MR) is 59.5 cm³/mol. The lowest BCUT2D eigenvalue weighted by Crippen LogP contribution is -2.43. The van der Waals surface area contributed by atoms with Crippen molar-refractivity contribution in [1.29, 1.82) is 0 Å². The number of hydrogen-bond donors (Lipinski definition) is 2. The van der Waals surface area contributed by atoms with Gasteiger partial charge >= 0.3 is 18.0 Å². The summed E-state index contributed by atoms with van der Waals surface area (Å²) < 4.78 is 4.44. The molecule has 0 aromatic heterocycles. The third-order valence-corrected chi connectivity index (χ3v) is 2.08. The molecule has 2 N–H and O–H groups in total. The van der Waals surface area contributed by atoms with Gasteiger partial charge in [-0.15, -0.1) is 0 Å². The molecule has 0 rings (SSSR count). The molecule has 0 aliphatic heterocycles. The fourth-order valence-corrected chi connectivity index (χ4v) is 1.10. The number of ether oxygens (including phenoxy) is 1. The van der Waals surface area contributed by atoms with Gasteiger partial charge in [0.1, 0.15) is 0 Å². The first-order valence-corrected chi connectivity index (χ1v) is 5.17. The van der Waals surface area contributed by atoms with Crippen molar-refractivity contribution in [3.8, 4) is 0 Å². The topological polar surface area (TPSA) is 95.9 Å². The van der Waals surface area contributed by atoms with Crippen LogP contribution in [-0.4, -0.2) is 54.7 Å². The van der Waals surface area contributed by atoms with Gasteiger partial charge in [-0.2, -0.15) is 0 Å². The van der Waals surface area contributed by atoms with Crippen molar-refractivity contribution in [3.63, 3.8) is 0 Å². The Bertz CT molecular complexity index is 292. The molecule has 0 saturated carbocycles. The third kappa shape index (κ3) is 7.15. The molecule has 0 aliphatic carbocycles. The van der Waals surface area contributed by atoms with Crippen molar-refractivity contribution in [2.24, 2.45) is 0 Å². The highest BCUT2D eigenvalue weighted by atomic mass is 16.5. The molecule has 1 atom stereocenters. The van der Waals surface area contributed by atoms with E-state index in [-0.39, 0.29) is 19.4 Å². The molecule has 7 nitrogen and oxygen atoms in total. The lowest BCUT2D eigenvalue weighted by Gasteiger charge is -2.20. The second-order valence-electron chi connectivity index (χ2n) is 3.70. The van der Waals surface area contributed by atoms with Crippen LogP contribution in [0.15, 0.2) is 0 Å². The van der Waals surface area contributed by atoms with Gasteiger partial charge in [-0.3, -0.25) is 9.59 Å². The number of rotatable bonds is 6. The summed E-state index contributed by atoms with van der Waals surface area (Å²) in [7, 11) is 2.79. The Morgan fingerprint density at radius 2 is 2.00 bits per heavy atom. The van der Waals surface area contributed by atoms with Gasteiger partial charge in [-0.25, -0.2) is 4.79 Å². The molecular formula is C10H18N2O5. The van der Waals surface area contributed by atoms with Gasteiger partial charge in [-0.05, 0) is 6.92 Å². The van der Waals surface area contributed by atoms with E-state index in [0.29, 0.717) is 0 Å². The molecule has 0 aromatic carbocycles. The monoisotopic (exact) mass is 246 g/mol. The normalized spacial score (nSPS) is 11.5. The smallest absolute Gasteiger partial charge is 0.317 e. The Morgan fingerprint density at radius 3 is 2.47 bits per heavy atom. The fraction of sp³-hybridized carbons (Fsp3) is 0.700. The first-order valence-electron chi connectivity index (χ1n) is 5.17. The van der Waals surface area contributed by atoms with Crippen LogP contribution < -0.4 is 5.32 Å². The highest BCUT2D eigenvalue weighted by Gasteiger charge is 2.14. The van der Waals surface area contributed by atoms with Crippen LogP contribution in [0.3, 0.4) is 0 Å². The van der Waals surface area contributed by atoms with E-state index in [1.54, 1.807) is 6.92 Å². The summed E-state index contributed by atoms with van der Waals surface area (Å²) in [6.07, 6.45) is -0.0374. The largest absolute Gasteiger partial charge is 0.481 e. The average molecular weight is 246 g/mol. The Hall–Kier alpha value is -1.79. The SMILES string of the molecule is COC(=O)CCN(C)C(=O)NC(C)CC(=O)O. The molecule has 0 bridgehead atoms. The van der Waals surface area contributed by atoms with Crippen LogP contribution >= 0.6 is 0 Å². The molecule has 0 spiro atoms. The summed E-state index contributed by atoms with van der Waals surface area (Å²) in [4.78, 5) is 34.0. The van der Waals surface area contributed by atoms with Crippen molar-refractivity contribution in [2.45, 2.75) is 25.8 Å². The number of carbonyl (C=O) groups is 3. The number of carbonyl (C=O) groups excluding carboxylic acids is 2. The lowest BCUT2D eigenvalue weighted by molar-refractivity contribution is -0.140. The number of esters is 1. The van der Waals surface area contributed by atoms with E-state index in [9.17, 15) is 14.4 Å². The molecule has 0 aliphatic rings. The molecule has 17 heavy (non-hydrogen) atoms. The van der Waals surface area contributed by atoms with Gasteiger partial charge in [0.15, 0.2) is 0 Å². The summed E-state index contributed by atoms with van der Waals surface area (Å²) in [5.74, 6) is -1.38. The maximum Gasteiger partial charge on any atom is 0.317 e. The number of carboxylic acids is 1. The third-order valence-electron chi connectivity index (χ3n) is 2.08. The molecular weight excluding hydrogens is 228 g/mol. The summed E-state index contributed by atoms with van der Waals surface area (Å²) in [5.41, 5.74) is 0. The zero-order valence-electron chi connectivity index (χ0n) is 10.2. The number of nitrogens with one attached hydrogen (secondary N) is 1. The number of nitrogens with zero attached hydrogens (tertiary/aromatic N) is 1. The van der Waals surface area contributed by atoms with Crippen molar-refractivity contribution in [2.75, 3.05) is 20.7 Å². The number of aliphatic carboxylic acids is 1. The van der Waals surface area contributed by atoms with Gasteiger partial charge in [-0.1, -0.05) is 0 Å². The highest BCUT2D eigenvalue weighted by Crippen LogP contribution is 1.95. The lowest BCUT2D eigenvalue weighted by atomic mass is 10.2.